The summed E-state index contributed by atoms with van der Waals surface area (Å²) in [6.45, 7) is 1.98. The summed E-state index contributed by atoms with van der Waals surface area (Å²) in [6.07, 6.45) is 1.54. The van der Waals surface area contributed by atoms with Crippen LogP contribution in [0.3, 0.4) is 0 Å². The van der Waals surface area contributed by atoms with Gasteiger partial charge >= 0.3 is 0 Å². The number of nitrogens with zero attached hydrogens (tertiary/aromatic N) is 1. The maximum atomic E-state index is 12.3. The average Bonchev–Trinajstić information content (AvgIpc) is 2.70. The van der Waals surface area contributed by atoms with E-state index in [-0.39, 0.29) is 5.91 Å². The normalized spacial score (nSPS) is 10.2. The van der Waals surface area contributed by atoms with E-state index >= 15 is 0 Å². The van der Waals surface area contributed by atoms with Gasteiger partial charge in [-0.1, -0.05) is 6.07 Å². The van der Waals surface area contributed by atoms with Crippen molar-refractivity contribution in [1.29, 1.82) is 0 Å². The molecule has 6 heteroatoms. The Kier molecular flexibility index (Phi) is 5.56. The molecule has 0 saturated heterocycles. The van der Waals surface area contributed by atoms with E-state index in [2.05, 4.69) is 10.3 Å². The van der Waals surface area contributed by atoms with Crippen LogP contribution in [-0.4, -0.2) is 25.1 Å². The van der Waals surface area contributed by atoms with Crippen LogP contribution in [0.1, 0.15) is 15.9 Å². The largest absolute Gasteiger partial charge is 0.497 e. The van der Waals surface area contributed by atoms with E-state index in [1.807, 2.05) is 25.1 Å². The molecule has 0 saturated carbocycles. The minimum Gasteiger partial charge on any atom is -0.497 e. The van der Waals surface area contributed by atoms with E-state index in [0.29, 0.717) is 34.4 Å². The molecule has 1 amide bonds. The lowest BCUT2D eigenvalue weighted by Gasteiger charge is -2.11. The summed E-state index contributed by atoms with van der Waals surface area (Å²) >= 11 is 0. The Balaban J connectivity index is 1.67. The number of aromatic nitrogens is 1. The summed E-state index contributed by atoms with van der Waals surface area (Å²) in [5.74, 6) is 2.08. The molecule has 3 rings (SSSR count). The van der Waals surface area contributed by atoms with Crippen LogP contribution in [-0.2, 0) is 0 Å². The number of ether oxygens (including phenoxy) is 3. The second kappa shape index (κ2) is 8.23. The number of hydrogen-bond acceptors (Lipinski definition) is 5. The van der Waals surface area contributed by atoms with Gasteiger partial charge in [0.1, 0.15) is 5.75 Å². The monoisotopic (exact) mass is 364 g/mol. The van der Waals surface area contributed by atoms with E-state index in [0.717, 1.165) is 5.56 Å². The summed E-state index contributed by atoms with van der Waals surface area (Å²) in [5, 5.41) is 2.79. The van der Waals surface area contributed by atoms with Crippen molar-refractivity contribution in [2.24, 2.45) is 0 Å². The average molecular weight is 364 g/mol. The van der Waals surface area contributed by atoms with E-state index < -0.39 is 0 Å². The van der Waals surface area contributed by atoms with Crippen molar-refractivity contribution in [3.63, 3.8) is 0 Å². The van der Waals surface area contributed by atoms with Gasteiger partial charge in [0.15, 0.2) is 11.5 Å². The van der Waals surface area contributed by atoms with Gasteiger partial charge in [0.05, 0.1) is 26.1 Å². The standard InChI is InChI=1S/C21H20N2O4/c1-14-4-10-18(19(12-14)26-3)27-20-11-7-16(13-22-20)23-21(24)15-5-8-17(25-2)9-6-15/h4-13H,1-3H3,(H,23,24). The molecule has 0 atom stereocenters. The lowest BCUT2D eigenvalue weighted by Crippen LogP contribution is -2.11. The predicted molar refractivity (Wildman–Crippen MR) is 103 cm³/mol. The molecule has 1 heterocycles. The zero-order chi connectivity index (χ0) is 19.2. The smallest absolute Gasteiger partial charge is 0.255 e. The number of methoxy groups -OCH3 is 2. The third-order valence-electron chi connectivity index (χ3n) is 3.88. The molecule has 1 aromatic heterocycles. The van der Waals surface area contributed by atoms with Gasteiger partial charge in [-0.25, -0.2) is 4.98 Å². The lowest BCUT2D eigenvalue weighted by atomic mass is 10.2. The van der Waals surface area contributed by atoms with Crippen LogP contribution in [0.2, 0.25) is 0 Å². The fourth-order valence-electron chi connectivity index (χ4n) is 2.43. The molecular formula is C21H20N2O4. The molecule has 0 unspecified atom stereocenters. The Hall–Kier alpha value is -3.54. The topological polar surface area (TPSA) is 69.7 Å². The van der Waals surface area contributed by atoms with E-state index in [1.165, 1.54) is 6.20 Å². The molecule has 0 spiro atoms. The zero-order valence-electron chi connectivity index (χ0n) is 15.4. The van der Waals surface area contributed by atoms with Crippen molar-refractivity contribution in [2.75, 3.05) is 19.5 Å². The van der Waals surface area contributed by atoms with Crippen molar-refractivity contribution < 1.29 is 19.0 Å². The number of anilines is 1. The fourth-order valence-corrected chi connectivity index (χ4v) is 2.43. The zero-order valence-corrected chi connectivity index (χ0v) is 15.4. The summed E-state index contributed by atoms with van der Waals surface area (Å²) < 4.78 is 16.2. The highest BCUT2D eigenvalue weighted by Crippen LogP contribution is 2.31. The molecule has 0 bridgehead atoms. The number of carbonyl (C=O) groups excluding carboxylic acids is 1. The number of pyridine rings is 1. The molecule has 3 aromatic rings. The third-order valence-corrected chi connectivity index (χ3v) is 3.88. The molecule has 0 aliphatic heterocycles. The first-order valence-corrected chi connectivity index (χ1v) is 8.33. The highest BCUT2D eigenvalue weighted by Gasteiger charge is 2.09. The maximum absolute atomic E-state index is 12.3. The predicted octanol–water partition coefficient (Wildman–Crippen LogP) is 4.45. The second-order valence-electron chi connectivity index (χ2n) is 5.82. The Bertz CT molecular complexity index is 922. The second-order valence-corrected chi connectivity index (χ2v) is 5.82. The van der Waals surface area contributed by atoms with Crippen LogP contribution >= 0.6 is 0 Å². The van der Waals surface area contributed by atoms with Crippen molar-refractivity contribution in [3.05, 3.63) is 71.9 Å². The van der Waals surface area contributed by atoms with E-state index in [1.54, 1.807) is 50.6 Å². The minimum atomic E-state index is -0.228. The number of benzene rings is 2. The fraction of sp³-hybridized carbons (Fsp3) is 0.143. The third kappa shape index (κ3) is 4.55. The molecule has 138 valence electrons. The molecule has 1 N–H and O–H groups in total. The number of hydrogen-bond donors (Lipinski definition) is 1. The highest BCUT2D eigenvalue weighted by atomic mass is 16.5. The Morgan fingerprint density at radius 3 is 2.33 bits per heavy atom. The molecule has 0 aliphatic rings. The Morgan fingerprint density at radius 1 is 0.926 bits per heavy atom. The van der Waals surface area contributed by atoms with Crippen molar-refractivity contribution in [1.82, 2.24) is 4.98 Å². The Labute approximate surface area is 157 Å². The van der Waals surface area contributed by atoms with Crippen LogP contribution in [0.15, 0.2) is 60.8 Å². The van der Waals surface area contributed by atoms with E-state index in [9.17, 15) is 4.79 Å². The number of carbonyl (C=O) groups is 1. The van der Waals surface area contributed by atoms with Crippen LogP contribution in [0.4, 0.5) is 5.69 Å². The summed E-state index contributed by atoms with van der Waals surface area (Å²) in [7, 11) is 3.17. The first-order valence-electron chi connectivity index (χ1n) is 8.33. The van der Waals surface area contributed by atoms with Crippen molar-refractivity contribution in [2.45, 2.75) is 6.92 Å². The lowest BCUT2D eigenvalue weighted by molar-refractivity contribution is 0.102. The quantitative estimate of drug-likeness (QED) is 0.700. The number of rotatable bonds is 6. The van der Waals surface area contributed by atoms with Gasteiger partial charge in [-0.05, 0) is 55.0 Å². The van der Waals surface area contributed by atoms with Crippen LogP contribution in [0, 0.1) is 6.92 Å². The van der Waals surface area contributed by atoms with Gasteiger partial charge < -0.3 is 19.5 Å². The molecule has 0 fully saturated rings. The minimum absolute atomic E-state index is 0.228. The van der Waals surface area contributed by atoms with Gasteiger partial charge in [-0.2, -0.15) is 0 Å². The molecule has 6 nitrogen and oxygen atoms in total. The van der Waals surface area contributed by atoms with Gasteiger partial charge in [0, 0.05) is 11.6 Å². The van der Waals surface area contributed by atoms with Gasteiger partial charge in [0.2, 0.25) is 5.88 Å². The van der Waals surface area contributed by atoms with E-state index in [4.69, 9.17) is 14.2 Å². The highest BCUT2D eigenvalue weighted by molar-refractivity contribution is 6.04. The first-order chi connectivity index (χ1) is 13.1. The molecule has 0 aliphatic carbocycles. The van der Waals surface area contributed by atoms with Gasteiger partial charge in [-0.15, -0.1) is 0 Å². The Morgan fingerprint density at radius 2 is 1.70 bits per heavy atom. The first kappa shape index (κ1) is 18.3. The van der Waals surface area contributed by atoms with Gasteiger partial charge in [-0.3, -0.25) is 4.79 Å². The van der Waals surface area contributed by atoms with Crippen molar-refractivity contribution >= 4 is 11.6 Å². The molecule has 0 radical (unpaired) electrons. The molecule has 27 heavy (non-hydrogen) atoms. The van der Waals surface area contributed by atoms with Crippen LogP contribution in [0.25, 0.3) is 0 Å². The molecule has 2 aromatic carbocycles. The van der Waals surface area contributed by atoms with Crippen molar-refractivity contribution in [3.8, 4) is 23.1 Å². The van der Waals surface area contributed by atoms with Gasteiger partial charge in [0.25, 0.3) is 5.91 Å². The summed E-state index contributed by atoms with van der Waals surface area (Å²) in [5.41, 5.74) is 2.17. The number of nitrogens with one attached hydrogen (secondary N) is 1. The SMILES string of the molecule is COc1ccc(C(=O)Nc2ccc(Oc3ccc(C)cc3OC)nc2)cc1. The van der Waals surface area contributed by atoms with Crippen LogP contribution in [0.5, 0.6) is 23.1 Å². The number of amides is 1. The summed E-state index contributed by atoms with van der Waals surface area (Å²) in [6, 6.07) is 15.9. The number of aryl methyl sites for hydroxylation is 1. The maximum Gasteiger partial charge on any atom is 0.255 e. The summed E-state index contributed by atoms with van der Waals surface area (Å²) in [4.78, 5) is 16.5. The van der Waals surface area contributed by atoms with Crippen LogP contribution < -0.4 is 19.5 Å². The molecular weight excluding hydrogens is 344 g/mol.